The molecule has 1 aliphatic heterocycles. The van der Waals surface area contributed by atoms with Gasteiger partial charge in [0.25, 0.3) is 5.91 Å². The van der Waals surface area contributed by atoms with Crippen LogP contribution in [0, 0.1) is 0 Å². The van der Waals surface area contributed by atoms with E-state index < -0.39 is 21.9 Å². The third kappa shape index (κ3) is 4.80. The lowest BCUT2D eigenvalue weighted by atomic mass is 10.2. The zero-order valence-corrected chi connectivity index (χ0v) is 14.8. The molecule has 0 aliphatic carbocycles. The summed E-state index contributed by atoms with van der Waals surface area (Å²) in [4.78, 5) is 26.4. The summed E-state index contributed by atoms with van der Waals surface area (Å²) in [5, 5.41) is 0. The van der Waals surface area contributed by atoms with Gasteiger partial charge in [0, 0.05) is 19.3 Å². The van der Waals surface area contributed by atoms with Gasteiger partial charge in [0.05, 0.1) is 10.5 Å². The molecule has 1 aromatic carbocycles. The van der Waals surface area contributed by atoms with Crippen molar-refractivity contribution in [1.82, 2.24) is 4.90 Å². The standard InChI is InChI=1S/C17H23NO5S/c1-13(16(19)18-11-5-3-4-6-12-18)23-17(20)14-7-9-15(10-8-14)24(2,21)22/h7-10,13H,3-6,11-12H2,1-2H3/t13-/m0/s1. The Morgan fingerprint density at radius 3 is 2.08 bits per heavy atom. The van der Waals surface area contributed by atoms with Gasteiger partial charge < -0.3 is 9.64 Å². The minimum absolute atomic E-state index is 0.132. The van der Waals surface area contributed by atoms with Crippen LogP contribution in [0.5, 0.6) is 0 Å². The number of carbonyl (C=O) groups is 2. The predicted octanol–water partition coefficient (Wildman–Crippen LogP) is 2.04. The van der Waals surface area contributed by atoms with Crippen LogP contribution in [0.15, 0.2) is 29.2 Å². The van der Waals surface area contributed by atoms with E-state index in [1.54, 1.807) is 11.8 Å². The first-order valence-electron chi connectivity index (χ1n) is 8.09. The van der Waals surface area contributed by atoms with Crippen molar-refractivity contribution in [2.24, 2.45) is 0 Å². The number of carbonyl (C=O) groups excluding carboxylic acids is 2. The highest BCUT2D eigenvalue weighted by Crippen LogP contribution is 2.14. The Morgan fingerprint density at radius 2 is 1.58 bits per heavy atom. The summed E-state index contributed by atoms with van der Waals surface area (Å²) < 4.78 is 28.1. The molecule has 24 heavy (non-hydrogen) atoms. The van der Waals surface area contributed by atoms with Crippen LogP contribution in [0.25, 0.3) is 0 Å². The summed E-state index contributed by atoms with van der Waals surface area (Å²) in [7, 11) is -3.31. The fourth-order valence-electron chi connectivity index (χ4n) is 2.67. The first-order chi connectivity index (χ1) is 11.3. The Balaban J connectivity index is 1.99. The number of hydrogen-bond donors (Lipinski definition) is 0. The molecule has 0 saturated carbocycles. The lowest BCUT2D eigenvalue weighted by Gasteiger charge is -2.24. The summed E-state index contributed by atoms with van der Waals surface area (Å²) in [5.41, 5.74) is 0.220. The van der Waals surface area contributed by atoms with Crippen LogP contribution < -0.4 is 0 Å². The molecule has 0 N–H and O–H groups in total. The van der Waals surface area contributed by atoms with Gasteiger partial charge in [0.1, 0.15) is 0 Å². The normalized spacial score (nSPS) is 17.0. The summed E-state index contributed by atoms with van der Waals surface area (Å²) in [5.74, 6) is -0.816. The molecule has 1 saturated heterocycles. The average Bonchev–Trinajstić information content (AvgIpc) is 2.82. The number of ether oxygens (including phenoxy) is 1. The molecule has 1 aromatic rings. The first kappa shape index (κ1) is 18.4. The highest BCUT2D eigenvalue weighted by Gasteiger charge is 2.25. The number of rotatable bonds is 4. The van der Waals surface area contributed by atoms with E-state index in [1.807, 2.05) is 0 Å². The lowest BCUT2D eigenvalue weighted by Crippen LogP contribution is -2.40. The maximum absolute atomic E-state index is 12.4. The quantitative estimate of drug-likeness (QED) is 0.774. The van der Waals surface area contributed by atoms with E-state index in [-0.39, 0.29) is 16.4 Å². The molecule has 7 heteroatoms. The minimum atomic E-state index is -3.31. The SMILES string of the molecule is C[C@H](OC(=O)c1ccc(S(C)(=O)=O)cc1)C(=O)N1CCCCCC1. The van der Waals surface area contributed by atoms with Gasteiger partial charge >= 0.3 is 5.97 Å². The Morgan fingerprint density at radius 1 is 1.04 bits per heavy atom. The van der Waals surface area contributed by atoms with Crippen LogP contribution in [0.4, 0.5) is 0 Å². The fourth-order valence-corrected chi connectivity index (χ4v) is 3.30. The summed E-state index contributed by atoms with van der Waals surface area (Å²) in [6, 6.07) is 5.49. The van der Waals surface area contributed by atoms with Gasteiger partial charge in [-0.05, 0) is 44.0 Å². The van der Waals surface area contributed by atoms with Crippen LogP contribution in [-0.2, 0) is 19.4 Å². The van der Waals surface area contributed by atoms with Crippen LogP contribution >= 0.6 is 0 Å². The van der Waals surface area contributed by atoms with E-state index in [9.17, 15) is 18.0 Å². The average molecular weight is 353 g/mol. The van der Waals surface area contributed by atoms with Crippen molar-refractivity contribution in [3.8, 4) is 0 Å². The number of amides is 1. The van der Waals surface area contributed by atoms with Gasteiger partial charge in [-0.1, -0.05) is 12.8 Å². The van der Waals surface area contributed by atoms with Crippen LogP contribution in [0.2, 0.25) is 0 Å². The molecule has 0 radical (unpaired) electrons. The fraction of sp³-hybridized carbons (Fsp3) is 0.529. The van der Waals surface area contributed by atoms with Crippen molar-refractivity contribution in [3.05, 3.63) is 29.8 Å². The lowest BCUT2D eigenvalue weighted by molar-refractivity contribution is -0.139. The largest absolute Gasteiger partial charge is 0.449 e. The molecule has 1 heterocycles. The molecule has 6 nitrogen and oxygen atoms in total. The van der Waals surface area contributed by atoms with Gasteiger partial charge in [-0.3, -0.25) is 4.79 Å². The molecular formula is C17H23NO5S. The van der Waals surface area contributed by atoms with E-state index in [0.29, 0.717) is 13.1 Å². The molecule has 1 amide bonds. The van der Waals surface area contributed by atoms with Crippen molar-refractivity contribution < 1.29 is 22.7 Å². The number of sulfone groups is 1. The first-order valence-corrected chi connectivity index (χ1v) is 9.98. The zero-order valence-electron chi connectivity index (χ0n) is 14.0. The van der Waals surface area contributed by atoms with Crippen molar-refractivity contribution in [1.29, 1.82) is 0 Å². The van der Waals surface area contributed by atoms with Crippen molar-refractivity contribution in [2.45, 2.75) is 43.6 Å². The van der Waals surface area contributed by atoms with Gasteiger partial charge in [-0.2, -0.15) is 0 Å². The highest BCUT2D eigenvalue weighted by molar-refractivity contribution is 7.90. The Kier molecular flexibility index (Phi) is 5.99. The molecule has 132 valence electrons. The molecule has 0 spiro atoms. The second kappa shape index (κ2) is 7.79. The smallest absolute Gasteiger partial charge is 0.338 e. The molecule has 1 fully saturated rings. The molecule has 1 atom stereocenters. The van der Waals surface area contributed by atoms with E-state index in [0.717, 1.165) is 31.9 Å². The van der Waals surface area contributed by atoms with E-state index in [2.05, 4.69) is 0 Å². The molecule has 0 unspecified atom stereocenters. The second-order valence-electron chi connectivity index (χ2n) is 6.08. The Bertz CT molecular complexity index is 688. The van der Waals surface area contributed by atoms with Crippen molar-refractivity contribution >= 4 is 21.7 Å². The maximum atomic E-state index is 12.4. The predicted molar refractivity (Wildman–Crippen MR) is 89.5 cm³/mol. The second-order valence-corrected chi connectivity index (χ2v) is 8.10. The van der Waals surface area contributed by atoms with E-state index >= 15 is 0 Å². The molecule has 0 bridgehead atoms. The summed E-state index contributed by atoms with van der Waals surface area (Å²) >= 11 is 0. The molecular weight excluding hydrogens is 330 g/mol. The van der Waals surface area contributed by atoms with Crippen LogP contribution in [0.3, 0.4) is 0 Å². The summed E-state index contributed by atoms with van der Waals surface area (Å²) in [6.45, 7) is 2.96. The van der Waals surface area contributed by atoms with Crippen molar-refractivity contribution in [3.63, 3.8) is 0 Å². The van der Waals surface area contributed by atoms with E-state index in [1.165, 1.54) is 24.3 Å². The molecule has 1 aliphatic rings. The number of esters is 1. The van der Waals surface area contributed by atoms with Crippen molar-refractivity contribution in [2.75, 3.05) is 19.3 Å². The number of likely N-dealkylation sites (tertiary alicyclic amines) is 1. The van der Waals surface area contributed by atoms with Gasteiger partial charge in [0.15, 0.2) is 15.9 Å². The third-order valence-corrected chi connectivity index (χ3v) is 5.20. The monoisotopic (exact) mass is 353 g/mol. The highest BCUT2D eigenvalue weighted by atomic mass is 32.2. The number of hydrogen-bond acceptors (Lipinski definition) is 5. The summed E-state index contributed by atoms with van der Waals surface area (Å²) in [6.07, 6.45) is 4.42. The minimum Gasteiger partial charge on any atom is -0.449 e. The van der Waals surface area contributed by atoms with E-state index in [4.69, 9.17) is 4.74 Å². The number of benzene rings is 1. The van der Waals surface area contributed by atoms with Gasteiger partial charge in [-0.25, -0.2) is 13.2 Å². The topological polar surface area (TPSA) is 80.8 Å². The maximum Gasteiger partial charge on any atom is 0.338 e. The Hall–Kier alpha value is -1.89. The van der Waals surface area contributed by atoms with Gasteiger partial charge in [0.2, 0.25) is 0 Å². The van der Waals surface area contributed by atoms with Crippen LogP contribution in [0.1, 0.15) is 43.0 Å². The third-order valence-electron chi connectivity index (χ3n) is 4.07. The van der Waals surface area contributed by atoms with Crippen LogP contribution in [-0.4, -0.2) is 50.6 Å². The number of nitrogens with zero attached hydrogens (tertiary/aromatic N) is 1. The zero-order chi connectivity index (χ0) is 17.7. The molecule has 0 aromatic heterocycles. The Labute approximate surface area is 142 Å². The molecule has 2 rings (SSSR count). The van der Waals surface area contributed by atoms with Gasteiger partial charge in [-0.15, -0.1) is 0 Å².